The number of phenols is 1. The van der Waals surface area contributed by atoms with Gasteiger partial charge in [-0.15, -0.1) is 0 Å². The lowest BCUT2D eigenvalue weighted by molar-refractivity contribution is -0.180. The summed E-state index contributed by atoms with van der Waals surface area (Å²) in [7, 11) is 4.43. The summed E-state index contributed by atoms with van der Waals surface area (Å²) in [6.45, 7) is 20.8. The fraction of sp³-hybridized carbons (Fsp3) is 0.523. The Balaban J connectivity index is 0.000000644. The van der Waals surface area contributed by atoms with Crippen LogP contribution in [0.1, 0.15) is 155 Å². The molecule has 0 aromatic heterocycles. The van der Waals surface area contributed by atoms with E-state index in [0.717, 1.165) is 11.1 Å². The van der Waals surface area contributed by atoms with Crippen molar-refractivity contribution >= 4 is 101 Å². The molecule has 0 saturated heterocycles. The van der Waals surface area contributed by atoms with Gasteiger partial charge in [0.05, 0.1) is 49.2 Å². The lowest BCUT2D eigenvalue weighted by Crippen LogP contribution is -2.48. The highest BCUT2D eigenvalue weighted by molar-refractivity contribution is 5.95. The van der Waals surface area contributed by atoms with E-state index in [0.29, 0.717) is 23.3 Å². The number of benzene rings is 4. The SMILES string of the molecule is COCCOC(=O)C(Cc1ccccc1)NC(=O)CCC(=O)C(C)OC(=O)C(C)OC(=O)C(C)OC(=O)C(C)C.COCCOC(=O)C(Cc1ccccc1)NC(=O)CCC(=O)C(Cc1ccc(O)cc1)NC(=O)C(C)OC(=O)C(C)OC(=O)C(C)OC(=O)C(C)C.COCCOC(=O)c1ccc(COC(=O)C(C)OC(=O)C(C)OC(=O)C(C)C)cc1. The van der Waals surface area contributed by atoms with Gasteiger partial charge in [0, 0.05) is 59.9 Å². The van der Waals surface area contributed by atoms with Crippen molar-refractivity contribution in [1.29, 1.82) is 0 Å². The van der Waals surface area contributed by atoms with E-state index in [1.807, 2.05) is 12.1 Å². The lowest BCUT2D eigenvalue weighted by atomic mass is 9.98. The number of amides is 3. The topological polar surface area (TPSA) is 485 Å². The third-order valence-corrected chi connectivity index (χ3v) is 16.8. The maximum atomic E-state index is 13.4. The van der Waals surface area contributed by atoms with Gasteiger partial charge < -0.3 is 92.1 Å². The number of nitrogens with one attached hydrogen (secondary N) is 3. The highest BCUT2D eigenvalue weighted by Crippen LogP contribution is 2.18. The van der Waals surface area contributed by atoms with Crippen LogP contribution in [0.3, 0.4) is 0 Å². The van der Waals surface area contributed by atoms with Crippen LogP contribution in [0.2, 0.25) is 0 Å². The number of phenolic OH excluding ortho intramolecular Hbond substituents is 1. The van der Waals surface area contributed by atoms with Crippen LogP contribution in [0, 0.1) is 17.8 Å². The normalized spacial score (nSPS) is 13.5. The van der Waals surface area contributed by atoms with Crippen LogP contribution in [-0.4, -0.2) is 234 Å². The van der Waals surface area contributed by atoms with Gasteiger partial charge in [-0.3, -0.25) is 38.4 Å². The zero-order chi connectivity index (χ0) is 91.7. The van der Waals surface area contributed by atoms with E-state index in [2.05, 4.69) is 16.0 Å². The average Bonchev–Trinajstić information content (AvgIpc) is 0.857. The van der Waals surface area contributed by atoms with E-state index in [9.17, 15) is 86.6 Å². The number of aromatic hydroxyl groups is 1. The van der Waals surface area contributed by atoms with Gasteiger partial charge in [-0.25, -0.2) is 43.2 Å². The van der Waals surface area contributed by atoms with Crippen LogP contribution >= 0.6 is 0 Å². The summed E-state index contributed by atoms with van der Waals surface area (Å²) in [5.74, 6) is -13.6. The summed E-state index contributed by atoms with van der Waals surface area (Å²) in [6, 6.07) is 27.1. The first kappa shape index (κ1) is 106. The van der Waals surface area contributed by atoms with Crippen molar-refractivity contribution in [3.8, 4) is 5.75 Å². The number of Topliss-reactive ketones (excluding diaryl/α,β-unsaturated/α-hetero) is 2. The van der Waals surface area contributed by atoms with Gasteiger partial charge in [-0.1, -0.05) is 126 Å². The molecule has 0 heterocycles. The number of esters is 12. The molecule has 0 aliphatic carbocycles. The van der Waals surface area contributed by atoms with Gasteiger partial charge in [0.15, 0.2) is 60.4 Å². The van der Waals surface area contributed by atoms with Gasteiger partial charge in [0.25, 0.3) is 5.91 Å². The molecule has 4 N–H and O–H groups in total. The minimum absolute atomic E-state index is 0.0130. The number of carbonyl (C=O) groups is 17. The average molecular weight is 1720 g/mol. The molecule has 3 amide bonds. The summed E-state index contributed by atoms with van der Waals surface area (Å²) < 4.78 is 75.1. The van der Waals surface area contributed by atoms with Crippen LogP contribution in [0.25, 0.3) is 0 Å². The molecule has 4 aromatic carbocycles. The van der Waals surface area contributed by atoms with Gasteiger partial charge in [-0.05, 0) is 108 Å². The number of rotatable bonds is 49. The maximum absolute atomic E-state index is 13.4. The fourth-order valence-corrected chi connectivity index (χ4v) is 9.52. The summed E-state index contributed by atoms with van der Waals surface area (Å²) in [5.41, 5.74) is 3.13. The molecular weight excluding hydrogens is 1600 g/mol. The highest BCUT2D eigenvalue weighted by Gasteiger charge is 2.34. The minimum Gasteiger partial charge on any atom is -0.508 e. The molecule has 4 rings (SSSR count). The smallest absolute Gasteiger partial charge is 0.347 e. The minimum atomic E-state index is -1.46. The highest BCUT2D eigenvalue weighted by atomic mass is 16.6. The summed E-state index contributed by atoms with van der Waals surface area (Å²) >= 11 is 0. The Bertz CT molecular complexity index is 4040. The number of ether oxygens (including phenoxy) is 15. The summed E-state index contributed by atoms with van der Waals surface area (Å²) in [6.07, 6.45) is -11.2. The Morgan fingerprint density at radius 2 is 0.598 bits per heavy atom. The molecule has 122 heavy (non-hydrogen) atoms. The third-order valence-electron chi connectivity index (χ3n) is 16.8. The Hall–Kier alpha value is -12.1. The number of ketones is 2. The molecule has 36 heteroatoms. The molecule has 0 fully saturated rings. The van der Waals surface area contributed by atoms with E-state index < -0.39 is 180 Å². The molecule has 0 aliphatic rings. The van der Waals surface area contributed by atoms with Gasteiger partial charge in [0.1, 0.15) is 44.3 Å². The first-order valence-corrected chi connectivity index (χ1v) is 39.3. The summed E-state index contributed by atoms with van der Waals surface area (Å²) in [4.78, 5) is 210. The molecule has 0 saturated carbocycles. The Kier molecular flexibility index (Phi) is 49.7. The van der Waals surface area contributed by atoms with Crippen molar-refractivity contribution in [2.45, 2.75) is 215 Å². The number of carbonyl (C=O) groups excluding carboxylic acids is 17. The quantitative estimate of drug-likeness (QED) is 0.0227. The van der Waals surface area contributed by atoms with Crippen LogP contribution in [0.15, 0.2) is 109 Å². The maximum Gasteiger partial charge on any atom is 0.347 e. The molecule has 4 aromatic rings. The number of methoxy groups -OCH3 is 3. The van der Waals surface area contributed by atoms with E-state index in [1.54, 1.807) is 126 Å². The fourth-order valence-electron chi connectivity index (χ4n) is 9.52. The molecule has 0 radical (unpaired) electrons. The van der Waals surface area contributed by atoms with E-state index in [-0.39, 0.29) is 96.3 Å². The zero-order valence-electron chi connectivity index (χ0n) is 71.9. The van der Waals surface area contributed by atoms with Crippen molar-refractivity contribution in [3.63, 3.8) is 0 Å². The molecule has 11 atom stereocenters. The Morgan fingerprint density at radius 1 is 0.287 bits per heavy atom. The van der Waals surface area contributed by atoms with Crippen LogP contribution in [-0.2, 0) is 174 Å². The van der Waals surface area contributed by atoms with Crippen LogP contribution < -0.4 is 16.0 Å². The van der Waals surface area contributed by atoms with E-state index >= 15 is 0 Å². The van der Waals surface area contributed by atoms with Gasteiger partial charge in [-0.2, -0.15) is 0 Å². The molecular formula is C86H115N3O33. The Morgan fingerprint density at radius 3 is 0.967 bits per heavy atom. The monoisotopic (exact) mass is 1720 g/mol. The van der Waals surface area contributed by atoms with Gasteiger partial charge in [0.2, 0.25) is 11.8 Å². The molecule has 672 valence electrons. The van der Waals surface area contributed by atoms with E-state index in [4.69, 9.17) is 71.1 Å². The first-order chi connectivity index (χ1) is 57.6. The predicted molar refractivity (Wildman–Crippen MR) is 429 cm³/mol. The van der Waals surface area contributed by atoms with Crippen molar-refractivity contribution in [2.24, 2.45) is 17.8 Å². The standard InChI is InChI=1S/C37H48N2O13.C28H39NO11.C21H28O9/c1-22(2)34(44)51-24(4)36(46)52-25(5)35(45)50-23(3)33(43)39-29(20-27-12-14-28(40)15-13-27)31(41)16-17-32(42)38-30(37(47)49-19-18-48-6)21-26-10-8-7-9-11-26;1-17(2)25(32)39-19(4)27(34)40-20(5)26(33)38-18(3)23(30)12-13-24(31)29-22(28(35)37-15-14-36-6)16-21-10-8-7-9-11-21;1-13(2)18(22)29-15(4)20(24)30-14(3)19(23)28-12-16-6-8-17(9-7-16)21(25)27-11-10-26-5/h7-15,22-25,29-30,40H,16-21H2,1-6H3,(H,38,42)(H,39,43);7-11,17-20,22H,12-16H2,1-6H3,(H,29,31);6-9,13-15H,10-12H2,1-5H3. The predicted octanol–water partition coefficient (Wildman–Crippen LogP) is 5.89. The molecule has 0 spiro atoms. The largest absolute Gasteiger partial charge is 0.508 e. The summed E-state index contributed by atoms with van der Waals surface area (Å²) in [5, 5.41) is 17.4. The zero-order valence-corrected chi connectivity index (χ0v) is 71.9. The van der Waals surface area contributed by atoms with Crippen molar-refractivity contribution < 1.29 is 158 Å². The molecule has 36 nitrogen and oxygen atoms in total. The second kappa shape index (κ2) is 57.2. The second-order valence-corrected chi connectivity index (χ2v) is 28.3. The Labute approximate surface area is 708 Å². The first-order valence-electron chi connectivity index (χ1n) is 39.3. The van der Waals surface area contributed by atoms with Crippen molar-refractivity contribution in [1.82, 2.24) is 16.0 Å². The van der Waals surface area contributed by atoms with Crippen LogP contribution in [0.4, 0.5) is 0 Å². The van der Waals surface area contributed by atoms with E-state index in [1.165, 1.54) is 88.9 Å². The lowest BCUT2D eigenvalue weighted by Gasteiger charge is -2.22. The van der Waals surface area contributed by atoms with Crippen molar-refractivity contribution in [3.05, 3.63) is 137 Å². The molecule has 0 aliphatic heterocycles. The molecule has 0 bridgehead atoms. The number of hydrogen-bond donors (Lipinski definition) is 4. The van der Waals surface area contributed by atoms with Crippen LogP contribution in [0.5, 0.6) is 5.75 Å². The van der Waals surface area contributed by atoms with Crippen molar-refractivity contribution in [2.75, 3.05) is 61.0 Å². The molecule has 11 unspecified atom stereocenters. The third kappa shape index (κ3) is 42.8. The van der Waals surface area contributed by atoms with Gasteiger partial charge >= 0.3 is 71.6 Å². The second-order valence-electron chi connectivity index (χ2n) is 28.3. The number of hydrogen-bond acceptors (Lipinski definition) is 33.